The molecule has 0 aromatic rings. The van der Waals surface area contributed by atoms with E-state index in [-0.39, 0.29) is 37.7 Å². The van der Waals surface area contributed by atoms with Crippen molar-refractivity contribution in [3.8, 4) is 0 Å². The average Bonchev–Trinajstić information content (AvgIpc) is 1.35. The summed E-state index contributed by atoms with van der Waals surface area (Å²) in [7, 11) is 0. The van der Waals surface area contributed by atoms with Crippen LogP contribution in [-0.4, -0.2) is 48.8 Å². The molecule has 0 aromatic heterocycles. The molecule has 0 radical (unpaired) electrons. The summed E-state index contributed by atoms with van der Waals surface area (Å²) < 4.78 is 0. The van der Waals surface area contributed by atoms with Crippen molar-refractivity contribution in [2.24, 2.45) is 0 Å². The topological polar surface area (TPSA) is 37.3 Å². The molecule has 3 heteroatoms. The third kappa shape index (κ3) is 10.7. The van der Waals surface area contributed by atoms with Gasteiger partial charge in [-0.05, 0) is 6.92 Å². The predicted molar refractivity (Wildman–Crippen MR) is 31.0 cm³/mol. The molecule has 0 aliphatic carbocycles. The van der Waals surface area contributed by atoms with Gasteiger partial charge in [0.2, 0.25) is 0 Å². The zero-order chi connectivity index (χ0) is 4.99. The molecule has 0 spiro atoms. The van der Waals surface area contributed by atoms with E-state index in [1.807, 2.05) is 0 Å². The molecule has 0 rings (SSSR count). The van der Waals surface area contributed by atoms with E-state index >= 15 is 0 Å². The van der Waals surface area contributed by atoms with Crippen molar-refractivity contribution >= 4 is 43.7 Å². The molecular formula is C4H8CaO2. The van der Waals surface area contributed by atoms with Crippen LogP contribution in [0.5, 0.6) is 0 Å². The van der Waals surface area contributed by atoms with E-state index in [4.69, 9.17) is 5.11 Å². The molecule has 0 atom stereocenters. The van der Waals surface area contributed by atoms with Crippen LogP contribution in [0.15, 0.2) is 12.2 Å². The Bertz CT molecular complexity index is 77.8. The zero-order valence-corrected chi connectivity index (χ0v) is 3.51. The van der Waals surface area contributed by atoms with Crippen LogP contribution in [0, 0.1) is 0 Å². The minimum absolute atomic E-state index is 0. The van der Waals surface area contributed by atoms with Crippen molar-refractivity contribution in [1.82, 2.24) is 0 Å². The van der Waals surface area contributed by atoms with Crippen molar-refractivity contribution in [3.05, 3.63) is 12.2 Å². The second kappa shape index (κ2) is 6.47. The van der Waals surface area contributed by atoms with Crippen LogP contribution in [-0.2, 0) is 4.79 Å². The van der Waals surface area contributed by atoms with Crippen molar-refractivity contribution in [2.45, 2.75) is 6.92 Å². The molecule has 0 aliphatic heterocycles. The van der Waals surface area contributed by atoms with Crippen LogP contribution < -0.4 is 0 Å². The van der Waals surface area contributed by atoms with Crippen LogP contribution in [0.1, 0.15) is 6.92 Å². The maximum atomic E-state index is 9.51. The molecule has 0 aromatic carbocycles. The fraction of sp³-hybridized carbons (Fsp3) is 0.250. The summed E-state index contributed by atoms with van der Waals surface area (Å²) in [5.74, 6) is -0.891. The standard InChI is InChI=1S/C4H6O2.Ca.2H/c1-2-3-4(5)6;;;/h2-3H,1H3,(H,5,6);;;. The van der Waals surface area contributed by atoms with Crippen LogP contribution >= 0.6 is 0 Å². The summed E-state index contributed by atoms with van der Waals surface area (Å²) in [5.41, 5.74) is 0. The Morgan fingerprint density at radius 3 is 2.14 bits per heavy atom. The van der Waals surface area contributed by atoms with Gasteiger partial charge in [-0.1, -0.05) is 6.08 Å². The molecule has 0 aliphatic rings. The minimum atomic E-state index is -0.891. The van der Waals surface area contributed by atoms with Gasteiger partial charge in [-0.25, -0.2) is 4.79 Å². The predicted octanol–water partition coefficient (Wildman–Crippen LogP) is -0.269. The number of aliphatic carboxylic acids is 1. The van der Waals surface area contributed by atoms with E-state index in [2.05, 4.69) is 0 Å². The summed E-state index contributed by atoms with van der Waals surface area (Å²) in [5, 5.41) is 7.83. The van der Waals surface area contributed by atoms with Gasteiger partial charge in [-0.3, -0.25) is 0 Å². The van der Waals surface area contributed by atoms with Gasteiger partial charge in [-0.15, -0.1) is 0 Å². The Morgan fingerprint density at radius 2 is 2.14 bits per heavy atom. The number of carboxylic acids is 1. The second-order valence-corrected chi connectivity index (χ2v) is 0.838. The van der Waals surface area contributed by atoms with Crippen LogP contribution in [0.25, 0.3) is 0 Å². The first-order chi connectivity index (χ1) is 2.77. The molecule has 0 heterocycles. The molecule has 2 nitrogen and oxygen atoms in total. The van der Waals surface area contributed by atoms with Gasteiger partial charge in [0.05, 0.1) is 0 Å². The summed E-state index contributed by atoms with van der Waals surface area (Å²) >= 11 is 0. The first-order valence-electron chi connectivity index (χ1n) is 1.63. The van der Waals surface area contributed by atoms with E-state index in [0.717, 1.165) is 6.08 Å². The monoisotopic (exact) mass is 128 g/mol. The Morgan fingerprint density at radius 1 is 1.71 bits per heavy atom. The molecule has 38 valence electrons. The number of carboxylic acid groups (broad SMARTS) is 1. The summed E-state index contributed by atoms with van der Waals surface area (Å²) in [6.07, 6.45) is 2.56. The molecule has 7 heavy (non-hydrogen) atoms. The SMILES string of the molecule is CC=CC(=O)O.[CaH2]. The second-order valence-electron chi connectivity index (χ2n) is 0.838. The molecule has 0 saturated carbocycles. The average molecular weight is 128 g/mol. The van der Waals surface area contributed by atoms with Crippen molar-refractivity contribution in [1.29, 1.82) is 0 Å². The van der Waals surface area contributed by atoms with Crippen LogP contribution in [0.3, 0.4) is 0 Å². The summed E-state index contributed by atoms with van der Waals surface area (Å²) in [6, 6.07) is 0. The fourth-order valence-electron chi connectivity index (χ4n) is 0.143. The molecule has 1 N–H and O–H groups in total. The third-order valence-electron chi connectivity index (χ3n) is 0.309. The summed E-state index contributed by atoms with van der Waals surface area (Å²) in [4.78, 5) is 9.51. The number of rotatable bonds is 1. The zero-order valence-electron chi connectivity index (χ0n) is 3.51. The van der Waals surface area contributed by atoms with Gasteiger partial charge in [0.1, 0.15) is 0 Å². The van der Waals surface area contributed by atoms with E-state index in [9.17, 15) is 4.79 Å². The van der Waals surface area contributed by atoms with Gasteiger partial charge in [-0.2, -0.15) is 0 Å². The molecule has 0 saturated heterocycles. The van der Waals surface area contributed by atoms with E-state index < -0.39 is 5.97 Å². The number of carbonyl (C=O) groups is 1. The van der Waals surface area contributed by atoms with E-state index in [1.165, 1.54) is 6.08 Å². The fourth-order valence-corrected chi connectivity index (χ4v) is 0.143. The third-order valence-corrected chi connectivity index (χ3v) is 0.309. The molecule has 0 amide bonds. The number of hydrogen-bond donors (Lipinski definition) is 1. The van der Waals surface area contributed by atoms with Gasteiger partial charge < -0.3 is 5.11 Å². The molecular weight excluding hydrogens is 120 g/mol. The van der Waals surface area contributed by atoms with E-state index in [0.29, 0.717) is 0 Å². The normalized spacial score (nSPS) is 8.14. The Labute approximate surface area is 72.2 Å². The van der Waals surface area contributed by atoms with Gasteiger partial charge in [0.25, 0.3) is 0 Å². The maximum absolute atomic E-state index is 9.51. The Kier molecular flexibility index (Phi) is 9.66. The van der Waals surface area contributed by atoms with E-state index in [1.54, 1.807) is 6.92 Å². The van der Waals surface area contributed by atoms with Crippen molar-refractivity contribution in [2.75, 3.05) is 0 Å². The Hall–Kier alpha value is 0.470. The molecule has 0 fully saturated rings. The first kappa shape index (κ1) is 10.5. The van der Waals surface area contributed by atoms with Gasteiger partial charge in [0.15, 0.2) is 0 Å². The quantitative estimate of drug-likeness (QED) is 0.390. The molecule has 0 unspecified atom stereocenters. The molecule has 0 bridgehead atoms. The Balaban J connectivity index is 0. The summed E-state index contributed by atoms with van der Waals surface area (Å²) in [6.45, 7) is 1.66. The number of allylic oxidation sites excluding steroid dienone is 1. The first-order valence-corrected chi connectivity index (χ1v) is 1.63. The number of hydrogen-bond acceptors (Lipinski definition) is 1. The van der Waals surface area contributed by atoms with Crippen molar-refractivity contribution in [3.63, 3.8) is 0 Å². The van der Waals surface area contributed by atoms with Gasteiger partial charge in [0, 0.05) is 6.08 Å². The van der Waals surface area contributed by atoms with Crippen molar-refractivity contribution < 1.29 is 9.90 Å². The van der Waals surface area contributed by atoms with Crippen LogP contribution in [0.2, 0.25) is 0 Å². The van der Waals surface area contributed by atoms with Crippen LogP contribution in [0.4, 0.5) is 0 Å². The van der Waals surface area contributed by atoms with Gasteiger partial charge >= 0.3 is 43.7 Å².